The van der Waals surface area contributed by atoms with E-state index in [0.717, 1.165) is 27.7 Å². The molecule has 2 heterocycles. The molecule has 1 aromatic heterocycles. The smallest absolute Gasteiger partial charge is 0.265 e. The lowest BCUT2D eigenvalue weighted by molar-refractivity contribution is -0.122. The van der Waals surface area contributed by atoms with E-state index in [1.807, 2.05) is 26.0 Å². The highest BCUT2D eigenvalue weighted by molar-refractivity contribution is 6.00. The van der Waals surface area contributed by atoms with E-state index >= 15 is 0 Å². The molecule has 0 fully saturated rings. The van der Waals surface area contributed by atoms with Crippen molar-refractivity contribution in [2.75, 3.05) is 10.6 Å². The minimum Gasteiger partial charge on any atom is -0.479 e. The summed E-state index contributed by atoms with van der Waals surface area (Å²) in [7, 11) is 0. The monoisotopic (exact) mass is 364 g/mol. The second kappa shape index (κ2) is 6.46. The van der Waals surface area contributed by atoms with Gasteiger partial charge in [-0.25, -0.2) is 0 Å². The van der Waals surface area contributed by atoms with Crippen molar-refractivity contribution in [1.29, 1.82) is 0 Å². The quantitative estimate of drug-likeness (QED) is 0.737. The number of ether oxygens (including phenoxy) is 1. The van der Waals surface area contributed by atoms with Gasteiger partial charge in [0.25, 0.3) is 5.91 Å². The molecule has 2 amide bonds. The Hall–Kier alpha value is -3.28. The van der Waals surface area contributed by atoms with Crippen LogP contribution in [0.5, 0.6) is 5.75 Å². The Morgan fingerprint density at radius 1 is 1.22 bits per heavy atom. The first-order valence-electron chi connectivity index (χ1n) is 8.80. The molecule has 0 spiro atoms. The number of amides is 2. The second-order valence-electron chi connectivity index (χ2n) is 6.83. The van der Waals surface area contributed by atoms with Gasteiger partial charge in [0.05, 0.1) is 18.4 Å². The number of rotatable bonds is 3. The van der Waals surface area contributed by atoms with E-state index in [1.165, 1.54) is 0 Å². The van der Waals surface area contributed by atoms with Gasteiger partial charge in [-0.3, -0.25) is 9.59 Å². The van der Waals surface area contributed by atoms with Crippen molar-refractivity contribution in [2.24, 2.45) is 0 Å². The zero-order chi connectivity index (χ0) is 19.1. The molecule has 1 unspecified atom stereocenters. The van der Waals surface area contributed by atoms with Gasteiger partial charge in [-0.2, -0.15) is 0 Å². The van der Waals surface area contributed by atoms with Crippen LogP contribution in [0.3, 0.4) is 0 Å². The van der Waals surface area contributed by atoms with Gasteiger partial charge in [-0.05, 0) is 50.1 Å². The van der Waals surface area contributed by atoms with Gasteiger partial charge in [0.2, 0.25) is 5.91 Å². The molecule has 0 saturated heterocycles. The van der Waals surface area contributed by atoms with E-state index in [0.29, 0.717) is 17.1 Å². The summed E-state index contributed by atoms with van der Waals surface area (Å²) in [6.45, 7) is 5.73. The Kier molecular flexibility index (Phi) is 4.11. The number of benzene rings is 2. The normalized spacial score (nSPS) is 15.8. The fraction of sp³-hybridized carbons (Fsp3) is 0.238. The van der Waals surface area contributed by atoms with E-state index < -0.39 is 6.10 Å². The molecular weight excluding hydrogens is 344 g/mol. The third-order valence-electron chi connectivity index (χ3n) is 4.89. The zero-order valence-corrected chi connectivity index (χ0v) is 15.4. The molecule has 1 atom stereocenters. The predicted octanol–water partition coefficient (Wildman–Crippen LogP) is 3.95. The van der Waals surface area contributed by atoms with Gasteiger partial charge in [-0.1, -0.05) is 12.1 Å². The third kappa shape index (κ3) is 3.14. The third-order valence-corrected chi connectivity index (χ3v) is 4.89. The Balaban J connectivity index is 1.51. The Labute approximate surface area is 156 Å². The molecule has 138 valence electrons. The lowest BCUT2D eigenvalue weighted by Gasteiger charge is -2.23. The first-order chi connectivity index (χ1) is 12.9. The molecule has 3 aromatic rings. The summed E-state index contributed by atoms with van der Waals surface area (Å²) in [6.07, 6.45) is 1.31. The minimum atomic E-state index is -0.528. The predicted molar refractivity (Wildman–Crippen MR) is 103 cm³/mol. The molecule has 0 bridgehead atoms. The molecule has 2 aromatic carbocycles. The summed E-state index contributed by atoms with van der Waals surface area (Å²) in [5.74, 6) is 0.223. The zero-order valence-electron chi connectivity index (χ0n) is 15.4. The van der Waals surface area contributed by atoms with Crippen LogP contribution < -0.4 is 15.4 Å². The van der Waals surface area contributed by atoms with Crippen LogP contribution >= 0.6 is 0 Å². The highest BCUT2D eigenvalue weighted by atomic mass is 16.5. The number of fused-ring (bicyclic) bond motifs is 2. The SMILES string of the molecule is Cc1ccc2c(CC(=O)Nc3ccc4c(c3)NC(=O)C(C)O4)coc2c1C. The fourth-order valence-electron chi connectivity index (χ4n) is 3.19. The Bertz CT molecular complexity index is 1070. The van der Waals surface area contributed by atoms with Gasteiger partial charge >= 0.3 is 0 Å². The summed E-state index contributed by atoms with van der Waals surface area (Å²) in [6, 6.07) is 9.19. The van der Waals surface area contributed by atoms with E-state index in [9.17, 15) is 9.59 Å². The van der Waals surface area contributed by atoms with Crippen molar-refractivity contribution in [2.45, 2.75) is 33.3 Å². The summed E-state index contributed by atoms with van der Waals surface area (Å²) in [5, 5.41) is 6.59. The summed E-state index contributed by atoms with van der Waals surface area (Å²) in [4.78, 5) is 24.2. The maximum absolute atomic E-state index is 12.5. The lowest BCUT2D eigenvalue weighted by Crippen LogP contribution is -2.34. The van der Waals surface area contributed by atoms with E-state index in [1.54, 1.807) is 31.4 Å². The van der Waals surface area contributed by atoms with Crippen LogP contribution in [0, 0.1) is 13.8 Å². The standard InChI is InChI=1S/C21H20N2O4/c1-11-4-6-16-14(10-26-20(16)12(11)2)8-19(24)22-15-5-7-18-17(9-15)23-21(25)13(3)27-18/h4-7,9-10,13H,8H2,1-3H3,(H,22,24)(H,23,25). The summed E-state index contributed by atoms with van der Waals surface area (Å²) < 4.78 is 11.2. The number of nitrogens with one attached hydrogen (secondary N) is 2. The topological polar surface area (TPSA) is 80.6 Å². The van der Waals surface area contributed by atoms with Crippen LogP contribution in [0.1, 0.15) is 23.6 Å². The highest BCUT2D eigenvalue weighted by Crippen LogP contribution is 2.32. The fourth-order valence-corrected chi connectivity index (χ4v) is 3.19. The summed E-state index contributed by atoms with van der Waals surface area (Å²) >= 11 is 0. The van der Waals surface area contributed by atoms with Gasteiger partial charge in [0.15, 0.2) is 6.10 Å². The van der Waals surface area contributed by atoms with E-state index in [2.05, 4.69) is 10.6 Å². The molecule has 0 aliphatic carbocycles. The Morgan fingerprint density at radius 3 is 2.85 bits per heavy atom. The second-order valence-corrected chi connectivity index (χ2v) is 6.83. The minimum absolute atomic E-state index is 0.160. The van der Waals surface area contributed by atoms with Crippen molar-refractivity contribution in [3.05, 3.63) is 53.3 Å². The van der Waals surface area contributed by atoms with Gasteiger partial charge < -0.3 is 19.8 Å². The van der Waals surface area contributed by atoms with Crippen molar-refractivity contribution in [3.8, 4) is 5.75 Å². The number of carbonyl (C=O) groups excluding carboxylic acids is 2. The average Bonchev–Trinajstić information content (AvgIpc) is 3.03. The molecule has 27 heavy (non-hydrogen) atoms. The molecule has 6 nitrogen and oxygen atoms in total. The van der Waals surface area contributed by atoms with Gasteiger partial charge in [-0.15, -0.1) is 0 Å². The maximum Gasteiger partial charge on any atom is 0.265 e. The number of hydrogen-bond acceptors (Lipinski definition) is 4. The molecule has 0 saturated carbocycles. The van der Waals surface area contributed by atoms with Crippen molar-refractivity contribution in [1.82, 2.24) is 0 Å². The lowest BCUT2D eigenvalue weighted by atomic mass is 10.0. The van der Waals surface area contributed by atoms with Crippen LogP contribution in [-0.4, -0.2) is 17.9 Å². The summed E-state index contributed by atoms with van der Waals surface area (Å²) in [5.41, 5.74) is 5.04. The van der Waals surface area contributed by atoms with Crippen LogP contribution in [0.2, 0.25) is 0 Å². The molecule has 6 heteroatoms. The van der Waals surface area contributed by atoms with Crippen molar-refractivity contribution in [3.63, 3.8) is 0 Å². The number of aryl methyl sites for hydroxylation is 2. The van der Waals surface area contributed by atoms with Crippen LogP contribution in [-0.2, 0) is 16.0 Å². The number of furan rings is 1. The van der Waals surface area contributed by atoms with Crippen LogP contribution in [0.4, 0.5) is 11.4 Å². The highest BCUT2D eigenvalue weighted by Gasteiger charge is 2.23. The molecule has 1 aliphatic heterocycles. The van der Waals surface area contributed by atoms with Crippen molar-refractivity contribution >= 4 is 34.2 Å². The van der Waals surface area contributed by atoms with Gasteiger partial charge in [0, 0.05) is 16.6 Å². The number of carbonyl (C=O) groups is 2. The first-order valence-corrected chi connectivity index (χ1v) is 8.80. The maximum atomic E-state index is 12.5. The molecule has 4 rings (SSSR count). The first kappa shape index (κ1) is 17.1. The largest absolute Gasteiger partial charge is 0.479 e. The van der Waals surface area contributed by atoms with E-state index in [-0.39, 0.29) is 18.2 Å². The van der Waals surface area contributed by atoms with E-state index in [4.69, 9.17) is 9.15 Å². The molecular formula is C21H20N2O4. The molecule has 2 N–H and O–H groups in total. The molecule has 0 radical (unpaired) electrons. The number of anilines is 2. The van der Waals surface area contributed by atoms with Crippen LogP contribution in [0.15, 0.2) is 41.0 Å². The average molecular weight is 364 g/mol. The number of hydrogen-bond donors (Lipinski definition) is 2. The molecule has 1 aliphatic rings. The van der Waals surface area contributed by atoms with Crippen LogP contribution in [0.25, 0.3) is 11.0 Å². The van der Waals surface area contributed by atoms with Crippen molar-refractivity contribution < 1.29 is 18.7 Å². The Morgan fingerprint density at radius 2 is 2.04 bits per heavy atom. The van der Waals surface area contributed by atoms with Gasteiger partial charge in [0.1, 0.15) is 11.3 Å².